The van der Waals surface area contributed by atoms with E-state index in [0.717, 1.165) is 0 Å². The van der Waals surface area contributed by atoms with Crippen molar-refractivity contribution in [3.8, 4) is 11.1 Å². The predicted molar refractivity (Wildman–Crippen MR) is 55.3 cm³/mol. The number of hydrogen-bond acceptors (Lipinski definition) is 2. The van der Waals surface area contributed by atoms with Crippen LogP contribution in [0.2, 0.25) is 5.15 Å². The maximum atomic E-state index is 13.4. The van der Waals surface area contributed by atoms with Crippen LogP contribution in [0.25, 0.3) is 11.1 Å². The fourth-order valence-electron chi connectivity index (χ4n) is 1.26. The van der Waals surface area contributed by atoms with Crippen LogP contribution in [0, 0.1) is 5.82 Å². The number of benzene rings is 1. The zero-order valence-corrected chi connectivity index (χ0v) is 8.25. The highest BCUT2D eigenvalue weighted by Crippen LogP contribution is 2.19. The fraction of sp³-hybridized carbons (Fsp3) is 0. The molecule has 0 radical (unpaired) electrons. The van der Waals surface area contributed by atoms with Gasteiger partial charge in [0.1, 0.15) is 11.0 Å². The highest BCUT2D eigenvalue weighted by atomic mass is 35.5. The molecule has 0 aliphatic rings. The van der Waals surface area contributed by atoms with Crippen molar-refractivity contribution in [2.75, 3.05) is 0 Å². The highest BCUT2D eigenvalue weighted by Gasteiger charge is 2.08. The first-order chi connectivity index (χ1) is 7.18. The molecule has 76 valence electrons. The molecule has 2 rings (SSSR count). The molecule has 0 aliphatic heterocycles. The van der Waals surface area contributed by atoms with Gasteiger partial charge in [-0.3, -0.25) is 4.79 Å². The minimum Gasteiger partial charge on any atom is -0.267 e. The van der Waals surface area contributed by atoms with Crippen LogP contribution in [0.15, 0.2) is 35.1 Å². The van der Waals surface area contributed by atoms with Gasteiger partial charge >= 0.3 is 0 Å². The number of nitrogens with zero attached hydrogens (tertiary/aromatic N) is 1. The van der Waals surface area contributed by atoms with E-state index in [1.165, 1.54) is 18.2 Å². The van der Waals surface area contributed by atoms with E-state index >= 15 is 0 Å². The van der Waals surface area contributed by atoms with E-state index in [1.54, 1.807) is 12.1 Å². The molecule has 3 nitrogen and oxygen atoms in total. The van der Waals surface area contributed by atoms with Crippen LogP contribution in [0.5, 0.6) is 0 Å². The smallest absolute Gasteiger partial charge is 0.267 e. The van der Waals surface area contributed by atoms with Crippen LogP contribution in [0.3, 0.4) is 0 Å². The largest absolute Gasteiger partial charge is 0.272 e. The van der Waals surface area contributed by atoms with Crippen molar-refractivity contribution < 1.29 is 4.39 Å². The normalized spacial score (nSPS) is 10.3. The van der Waals surface area contributed by atoms with E-state index in [9.17, 15) is 9.18 Å². The van der Waals surface area contributed by atoms with Crippen LogP contribution in [-0.2, 0) is 0 Å². The van der Waals surface area contributed by atoms with Crippen molar-refractivity contribution >= 4 is 11.6 Å². The van der Waals surface area contributed by atoms with Crippen LogP contribution in [0.4, 0.5) is 4.39 Å². The molecule has 1 N–H and O–H groups in total. The first-order valence-electron chi connectivity index (χ1n) is 4.18. The average molecular weight is 225 g/mol. The minimum absolute atomic E-state index is 0.118. The van der Waals surface area contributed by atoms with Gasteiger partial charge in [0.15, 0.2) is 0 Å². The first kappa shape index (κ1) is 9.86. The second kappa shape index (κ2) is 3.82. The summed E-state index contributed by atoms with van der Waals surface area (Å²) < 4.78 is 13.4. The minimum atomic E-state index is -0.468. The molecule has 0 saturated carbocycles. The summed E-state index contributed by atoms with van der Waals surface area (Å²) in [7, 11) is 0. The lowest BCUT2D eigenvalue weighted by Crippen LogP contribution is -2.11. The molecule has 1 heterocycles. The molecule has 0 aliphatic carbocycles. The summed E-state index contributed by atoms with van der Waals surface area (Å²) in [5.74, 6) is -0.467. The number of hydrogen-bond donors (Lipinski definition) is 1. The van der Waals surface area contributed by atoms with Gasteiger partial charge in [-0.25, -0.2) is 9.49 Å². The standard InChI is InChI=1S/C10H6ClFN2O/c11-9-5-7(10(15)14-13-9)6-3-1-2-4-8(6)12/h1-5H,(H,14,15). The summed E-state index contributed by atoms with van der Waals surface area (Å²) in [5.41, 5.74) is -0.0827. The molecule has 5 heteroatoms. The van der Waals surface area contributed by atoms with E-state index in [0.29, 0.717) is 0 Å². The molecule has 2 aromatic rings. The van der Waals surface area contributed by atoms with Crippen LogP contribution >= 0.6 is 11.6 Å². The molecule has 15 heavy (non-hydrogen) atoms. The van der Waals surface area contributed by atoms with E-state index in [2.05, 4.69) is 10.2 Å². The van der Waals surface area contributed by atoms with Gasteiger partial charge in [0, 0.05) is 5.56 Å². The lowest BCUT2D eigenvalue weighted by Gasteiger charge is -2.01. The van der Waals surface area contributed by atoms with Gasteiger partial charge in [0.05, 0.1) is 5.56 Å². The number of rotatable bonds is 1. The van der Waals surface area contributed by atoms with E-state index < -0.39 is 11.4 Å². The molecule has 0 saturated heterocycles. The molecule has 0 bridgehead atoms. The topological polar surface area (TPSA) is 45.8 Å². The third kappa shape index (κ3) is 1.89. The molecular weight excluding hydrogens is 219 g/mol. The SMILES string of the molecule is O=c1[nH]nc(Cl)cc1-c1ccccc1F. The van der Waals surface area contributed by atoms with Gasteiger partial charge in [-0.2, -0.15) is 5.10 Å². The van der Waals surface area contributed by atoms with Gasteiger partial charge in [0.25, 0.3) is 5.56 Å². The van der Waals surface area contributed by atoms with Gasteiger partial charge < -0.3 is 0 Å². The Balaban J connectivity index is 2.69. The zero-order valence-electron chi connectivity index (χ0n) is 7.50. The van der Waals surface area contributed by atoms with E-state index in [4.69, 9.17) is 11.6 Å². The van der Waals surface area contributed by atoms with Crippen molar-refractivity contribution in [2.45, 2.75) is 0 Å². The second-order valence-electron chi connectivity index (χ2n) is 2.91. The van der Waals surface area contributed by atoms with Gasteiger partial charge in [0.2, 0.25) is 0 Å². The maximum Gasteiger partial charge on any atom is 0.272 e. The fourth-order valence-corrected chi connectivity index (χ4v) is 1.41. The van der Waals surface area contributed by atoms with Gasteiger partial charge in [-0.1, -0.05) is 29.8 Å². The molecular formula is C10H6ClFN2O. The highest BCUT2D eigenvalue weighted by molar-refractivity contribution is 6.29. The Morgan fingerprint density at radius 2 is 2.00 bits per heavy atom. The Bertz CT molecular complexity index is 553. The monoisotopic (exact) mass is 224 g/mol. The zero-order chi connectivity index (χ0) is 10.8. The Labute approximate surface area is 89.5 Å². The maximum absolute atomic E-state index is 13.4. The summed E-state index contributed by atoms with van der Waals surface area (Å²) in [6, 6.07) is 7.32. The second-order valence-corrected chi connectivity index (χ2v) is 3.30. The molecule has 0 fully saturated rings. The summed E-state index contributed by atoms with van der Waals surface area (Å²) >= 11 is 5.62. The molecule has 0 amide bonds. The number of H-pyrrole nitrogens is 1. The number of nitrogens with one attached hydrogen (secondary N) is 1. The van der Waals surface area contributed by atoms with Gasteiger partial charge in [-0.15, -0.1) is 0 Å². The molecule has 1 aromatic heterocycles. The molecule has 1 aromatic carbocycles. The molecule has 0 spiro atoms. The van der Waals surface area contributed by atoms with Crippen LogP contribution < -0.4 is 5.56 Å². The summed E-state index contributed by atoms with van der Waals surface area (Å²) in [5, 5.41) is 5.81. The first-order valence-corrected chi connectivity index (χ1v) is 4.56. The number of aromatic amines is 1. The van der Waals surface area contributed by atoms with Gasteiger partial charge in [-0.05, 0) is 12.1 Å². The van der Waals surface area contributed by atoms with Crippen molar-refractivity contribution in [1.82, 2.24) is 10.2 Å². The van der Waals surface area contributed by atoms with E-state index in [1.807, 2.05) is 0 Å². The third-order valence-corrected chi connectivity index (χ3v) is 2.13. The lowest BCUT2D eigenvalue weighted by molar-refractivity contribution is 0.631. The van der Waals surface area contributed by atoms with E-state index in [-0.39, 0.29) is 16.3 Å². The van der Waals surface area contributed by atoms with Crippen LogP contribution in [-0.4, -0.2) is 10.2 Å². The Morgan fingerprint density at radius 1 is 1.27 bits per heavy atom. The predicted octanol–water partition coefficient (Wildman–Crippen LogP) is 2.23. The number of aromatic nitrogens is 2. The summed E-state index contributed by atoms with van der Waals surface area (Å²) in [6.45, 7) is 0. The average Bonchev–Trinajstić information content (AvgIpc) is 2.23. The Kier molecular flexibility index (Phi) is 2.51. The van der Waals surface area contributed by atoms with Crippen molar-refractivity contribution in [3.63, 3.8) is 0 Å². The number of halogens is 2. The summed E-state index contributed by atoms with van der Waals surface area (Å²) in [4.78, 5) is 11.4. The molecule has 0 atom stereocenters. The van der Waals surface area contributed by atoms with Crippen molar-refractivity contribution in [2.24, 2.45) is 0 Å². The van der Waals surface area contributed by atoms with Crippen LogP contribution in [0.1, 0.15) is 0 Å². The van der Waals surface area contributed by atoms with Crippen molar-refractivity contribution in [1.29, 1.82) is 0 Å². The quantitative estimate of drug-likeness (QED) is 0.808. The Morgan fingerprint density at radius 3 is 2.73 bits per heavy atom. The Hall–Kier alpha value is -1.68. The third-order valence-electron chi connectivity index (χ3n) is 1.94. The molecule has 0 unspecified atom stereocenters. The lowest BCUT2D eigenvalue weighted by atomic mass is 10.1. The summed E-state index contributed by atoms with van der Waals surface area (Å²) in [6.07, 6.45) is 0. The van der Waals surface area contributed by atoms with Crippen molar-refractivity contribution in [3.05, 3.63) is 51.7 Å².